The van der Waals surface area contributed by atoms with Crippen molar-refractivity contribution in [3.8, 4) is 0 Å². The average molecular weight is 307 g/mol. The molecule has 17 heavy (non-hydrogen) atoms. The molecule has 0 spiro atoms. The van der Waals surface area contributed by atoms with Crippen molar-refractivity contribution in [1.29, 1.82) is 0 Å². The van der Waals surface area contributed by atoms with E-state index >= 15 is 0 Å². The predicted octanol–water partition coefficient (Wildman–Crippen LogP) is 2.10. The summed E-state index contributed by atoms with van der Waals surface area (Å²) in [4.78, 5) is 0. The molecule has 1 rings (SSSR count). The standard InChI is InChI=1S/C9H20ClN2O3P.ClH/c1-2-14-16(13)12(7-4-10)8-6-11-5-3-9-15-16;/h11H,2-9H2,1H3;1H. The molecule has 0 aromatic heterocycles. The van der Waals surface area contributed by atoms with Crippen molar-refractivity contribution in [1.82, 2.24) is 9.99 Å². The average Bonchev–Trinajstić information content (AvgIpc) is 2.33. The molecule has 0 bridgehead atoms. The van der Waals surface area contributed by atoms with Gasteiger partial charge in [-0.25, -0.2) is 9.24 Å². The Bertz CT molecular complexity index is 246. The molecule has 1 fully saturated rings. The summed E-state index contributed by atoms with van der Waals surface area (Å²) in [5.74, 6) is 0.417. The van der Waals surface area contributed by atoms with Crippen LogP contribution in [-0.4, -0.2) is 49.9 Å². The first-order valence-corrected chi connectivity index (χ1v) is 7.67. The summed E-state index contributed by atoms with van der Waals surface area (Å²) in [5.41, 5.74) is 0. The normalized spacial score (nSPS) is 27.6. The van der Waals surface area contributed by atoms with Crippen molar-refractivity contribution < 1.29 is 13.6 Å². The third-order valence-electron chi connectivity index (χ3n) is 2.28. The van der Waals surface area contributed by atoms with Crippen LogP contribution in [0.25, 0.3) is 0 Å². The third-order valence-corrected chi connectivity index (χ3v) is 4.64. The Hall–Kier alpha value is 0.650. The van der Waals surface area contributed by atoms with Gasteiger partial charge in [0.2, 0.25) is 0 Å². The fourth-order valence-corrected chi connectivity index (χ4v) is 3.63. The van der Waals surface area contributed by atoms with Gasteiger partial charge in [0.1, 0.15) is 0 Å². The van der Waals surface area contributed by atoms with Gasteiger partial charge in [0.05, 0.1) is 13.2 Å². The molecule has 1 N–H and O–H groups in total. The van der Waals surface area contributed by atoms with Crippen LogP contribution in [0.1, 0.15) is 13.3 Å². The largest absolute Gasteiger partial charge is 0.408 e. The lowest BCUT2D eigenvalue weighted by Crippen LogP contribution is -2.31. The molecule has 1 aliphatic heterocycles. The maximum absolute atomic E-state index is 12.5. The van der Waals surface area contributed by atoms with Gasteiger partial charge >= 0.3 is 7.75 Å². The highest BCUT2D eigenvalue weighted by atomic mass is 35.5. The van der Waals surface area contributed by atoms with Crippen LogP contribution in [-0.2, 0) is 13.6 Å². The summed E-state index contributed by atoms with van der Waals surface area (Å²) in [6, 6.07) is 0. The summed E-state index contributed by atoms with van der Waals surface area (Å²) in [6.07, 6.45) is 0.839. The Morgan fingerprint density at radius 3 is 2.94 bits per heavy atom. The lowest BCUT2D eigenvalue weighted by molar-refractivity contribution is 0.167. The predicted molar refractivity (Wildman–Crippen MR) is 72.2 cm³/mol. The SMILES string of the molecule is CCOP1(=O)OCCCNCCN1CCCl.Cl. The van der Waals surface area contributed by atoms with E-state index in [0.717, 1.165) is 19.5 Å². The van der Waals surface area contributed by atoms with E-state index in [1.807, 2.05) is 6.92 Å². The van der Waals surface area contributed by atoms with Crippen LogP contribution in [0, 0.1) is 0 Å². The topological polar surface area (TPSA) is 50.8 Å². The van der Waals surface area contributed by atoms with Crippen LogP contribution in [0.3, 0.4) is 0 Å². The van der Waals surface area contributed by atoms with Gasteiger partial charge in [0.15, 0.2) is 0 Å². The third kappa shape index (κ3) is 5.88. The second-order valence-corrected chi connectivity index (χ2v) is 5.86. The zero-order valence-electron chi connectivity index (χ0n) is 10.1. The van der Waals surface area contributed by atoms with Gasteiger partial charge in [-0.1, -0.05) is 0 Å². The van der Waals surface area contributed by atoms with Crippen molar-refractivity contribution in [2.45, 2.75) is 13.3 Å². The summed E-state index contributed by atoms with van der Waals surface area (Å²) in [7, 11) is -3.13. The fourth-order valence-electron chi connectivity index (χ4n) is 1.53. The van der Waals surface area contributed by atoms with E-state index in [1.54, 1.807) is 4.67 Å². The van der Waals surface area contributed by atoms with E-state index in [2.05, 4.69) is 5.32 Å². The van der Waals surface area contributed by atoms with Crippen LogP contribution >= 0.6 is 31.8 Å². The minimum Gasteiger partial charge on any atom is -0.315 e. The van der Waals surface area contributed by atoms with Gasteiger partial charge in [0.25, 0.3) is 0 Å². The van der Waals surface area contributed by atoms with Gasteiger partial charge in [-0.05, 0) is 19.9 Å². The highest BCUT2D eigenvalue weighted by Gasteiger charge is 2.32. The molecule has 0 aliphatic carbocycles. The van der Waals surface area contributed by atoms with Crippen LogP contribution in [0.4, 0.5) is 0 Å². The highest BCUT2D eigenvalue weighted by Crippen LogP contribution is 2.51. The molecule has 0 amide bonds. The monoisotopic (exact) mass is 306 g/mol. The molecule has 0 aromatic carbocycles. The van der Waals surface area contributed by atoms with Gasteiger partial charge in [0, 0.05) is 25.5 Å². The Morgan fingerprint density at radius 2 is 2.29 bits per heavy atom. The number of hydrogen-bond donors (Lipinski definition) is 1. The van der Waals surface area contributed by atoms with Crippen LogP contribution in [0.15, 0.2) is 0 Å². The Morgan fingerprint density at radius 1 is 1.53 bits per heavy atom. The molecular formula is C9H21Cl2N2O3P. The Kier molecular flexibility index (Phi) is 9.93. The van der Waals surface area contributed by atoms with E-state index in [9.17, 15) is 4.57 Å². The van der Waals surface area contributed by atoms with Crippen LogP contribution in [0.2, 0.25) is 0 Å². The number of halogens is 2. The van der Waals surface area contributed by atoms with Crippen molar-refractivity contribution in [2.75, 3.05) is 45.3 Å². The molecule has 8 heteroatoms. The molecule has 0 saturated carbocycles. The molecule has 0 radical (unpaired) electrons. The van der Waals surface area contributed by atoms with Crippen LogP contribution in [0.5, 0.6) is 0 Å². The molecule has 5 nitrogen and oxygen atoms in total. The summed E-state index contributed by atoms with van der Waals surface area (Å²) in [5, 5.41) is 3.25. The molecule has 1 aliphatic rings. The summed E-state index contributed by atoms with van der Waals surface area (Å²) >= 11 is 5.70. The molecule has 1 unspecified atom stereocenters. The first-order chi connectivity index (χ1) is 7.73. The lowest BCUT2D eigenvalue weighted by Gasteiger charge is -2.28. The Balaban J connectivity index is 0.00000256. The van der Waals surface area contributed by atoms with E-state index in [1.165, 1.54) is 0 Å². The van der Waals surface area contributed by atoms with Crippen molar-refractivity contribution in [2.24, 2.45) is 0 Å². The van der Waals surface area contributed by atoms with E-state index in [0.29, 0.717) is 32.2 Å². The van der Waals surface area contributed by atoms with Gasteiger partial charge in [-0.3, -0.25) is 9.05 Å². The lowest BCUT2D eigenvalue weighted by atomic mass is 10.4. The van der Waals surface area contributed by atoms with E-state index in [-0.39, 0.29) is 12.4 Å². The van der Waals surface area contributed by atoms with Crippen molar-refractivity contribution in [3.63, 3.8) is 0 Å². The van der Waals surface area contributed by atoms with Gasteiger partial charge in [-0.2, -0.15) is 0 Å². The Labute approximate surface area is 114 Å². The maximum atomic E-state index is 12.5. The van der Waals surface area contributed by atoms with E-state index in [4.69, 9.17) is 20.6 Å². The number of nitrogens with zero attached hydrogens (tertiary/aromatic N) is 1. The highest BCUT2D eigenvalue weighted by molar-refractivity contribution is 7.51. The van der Waals surface area contributed by atoms with Crippen molar-refractivity contribution >= 4 is 31.8 Å². The summed E-state index contributed by atoms with van der Waals surface area (Å²) < 4.78 is 24.9. The maximum Gasteiger partial charge on any atom is 0.408 e. The van der Waals surface area contributed by atoms with Crippen molar-refractivity contribution in [3.05, 3.63) is 0 Å². The smallest absolute Gasteiger partial charge is 0.315 e. The minimum absolute atomic E-state index is 0. The number of rotatable bonds is 4. The minimum atomic E-state index is -3.13. The number of hydrogen-bond acceptors (Lipinski definition) is 4. The van der Waals surface area contributed by atoms with Gasteiger partial charge < -0.3 is 5.32 Å². The second kappa shape index (κ2) is 9.56. The molecular weight excluding hydrogens is 286 g/mol. The molecule has 1 atom stereocenters. The van der Waals surface area contributed by atoms with E-state index < -0.39 is 7.75 Å². The molecule has 1 heterocycles. The van der Waals surface area contributed by atoms with Crippen LogP contribution < -0.4 is 5.32 Å². The zero-order valence-corrected chi connectivity index (χ0v) is 12.5. The first kappa shape index (κ1) is 17.6. The molecule has 1 saturated heterocycles. The molecule has 0 aromatic rings. The zero-order chi connectivity index (χ0) is 11.9. The fraction of sp³-hybridized carbons (Fsp3) is 1.00. The second-order valence-electron chi connectivity index (χ2n) is 3.47. The quantitative estimate of drug-likeness (QED) is 0.637. The number of alkyl halides is 1. The summed E-state index contributed by atoms with van der Waals surface area (Å²) in [6.45, 7) is 5.43. The van der Waals surface area contributed by atoms with Gasteiger partial charge in [-0.15, -0.1) is 24.0 Å². The molecule has 104 valence electrons. The first-order valence-electron chi connectivity index (χ1n) is 5.64. The number of nitrogens with one attached hydrogen (secondary N) is 1.